The minimum Gasteiger partial charge on any atom is -0.469 e. The van der Waals surface area contributed by atoms with Gasteiger partial charge in [-0.15, -0.1) is 0 Å². The van der Waals surface area contributed by atoms with Gasteiger partial charge in [0.25, 0.3) is 0 Å². The number of rotatable bonds is 6. The second-order valence-electron chi connectivity index (χ2n) is 4.07. The number of hydrogen-bond donors (Lipinski definition) is 0. The highest BCUT2D eigenvalue weighted by molar-refractivity contribution is 5.81. The van der Waals surface area contributed by atoms with Crippen LogP contribution in [0.25, 0.3) is 0 Å². The van der Waals surface area contributed by atoms with Crippen LogP contribution in [0.4, 0.5) is 0 Å². The van der Waals surface area contributed by atoms with E-state index in [9.17, 15) is 9.59 Å². The summed E-state index contributed by atoms with van der Waals surface area (Å²) in [5.74, 6) is 0.252. The third-order valence-electron chi connectivity index (χ3n) is 2.24. The van der Waals surface area contributed by atoms with Gasteiger partial charge in [0.1, 0.15) is 0 Å². The standard InChI is InChI=1S/C11H21NO3/c1-9(2)7-8-12(3)10(13)5-6-11(14)15-4/h9H,5-8H2,1-4H3. The number of nitrogens with zero attached hydrogens (tertiary/aromatic N) is 1. The molecule has 0 atom stereocenters. The Kier molecular flexibility index (Phi) is 6.75. The van der Waals surface area contributed by atoms with Gasteiger partial charge in [-0.3, -0.25) is 9.59 Å². The van der Waals surface area contributed by atoms with Crippen molar-refractivity contribution >= 4 is 11.9 Å². The highest BCUT2D eigenvalue weighted by Gasteiger charge is 2.11. The molecule has 0 unspecified atom stereocenters. The number of hydrogen-bond acceptors (Lipinski definition) is 3. The van der Waals surface area contributed by atoms with E-state index in [1.807, 2.05) is 0 Å². The number of ether oxygens (including phenoxy) is 1. The van der Waals surface area contributed by atoms with Crippen LogP contribution in [0.1, 0.15) is 33.1 Å². The van der Waals surface area contributed by atoms with Crippen LogP contribution in [0.5, 0.6) is 0 Å². The summed E-state index contributed by atoms with van der Waals surface area (Å²) in [7, 11) is 3.09. The molecule has 15 heavy (non-hydrogen) atoms. The van der Waals surface area contributed by atoms with E-state index in [2.05, 4.69) is 18.6 Å². The Bertz CT molecular complexity index is 214. The van der Waals surface area contributed by atoms with Crippen LogP contribution in [0.2, 0.25) is 0 Å². The van der Waals surface area contributed by atoms with Crippen LogP contribution in [0, 0.1) is 5.92 Å². The van der Waals surface area contributed by atoms with Gasteiger partial charge in [0.2, 0.25) is 5.91 Å². The molecule has 4 nitrogen and oxygen atoms in total. The Balaban J connectivity index is 3.74. The van der Waals surface area contributed by atoms with Crippen LogP contribution >= 0.6 is 0 Å². The maximum absolute atomic E-state index is 11.5. The van der Waals surface area contributed by atoms with Crippen molar-refractivity contribution in [2.24, 2.45) is 5.92 Å². The van der Waals surface area contributed by atoms with Gasteiger partial charge in [-0.25, -0.2) is 0 Å². The van der Waals surface area contributed by atoms with Gasteiger partial charge in [-0.2, -0.15) is 0 Å². The quantitative estimate of drug-likeness (QED) is 0.630. The molecule has 0 N–H and O–H groups in total. The summed E-state index contributed by atoms with van der Waals surface area (Å²) in [4.78, 5) is 24.0. The number of carbonyl (C=O) groups excluding carboxylic acids is 2. The van der Waals surface area contributed by atoms with Crippen molar-refractivity contribution in [1.82, 2.24) is 4.90 Å². The minimum atomic E-state index is -0.333. The smallest absolute Gasteiger partial charge is 0.306 e. The molecule has 0 fully saturated rings. The lowest BCUT2D eigenvalue weighted by Gasteiger charge is -2.17. The SMILES string of the molecule is COC(=O)CCC(=O)N(C)CCC(C)C. The Morgan fingerprint density at radius 2 is 1.87 bits per heavy atom. The third-order valence-corrected chi connectivity index (χ3v) is 2.24. The summed E-state index contributed by atoms with van der Waals surface area (Å²) in [6.07, 6.45) is 1.39. The predicted molar refractivity (Wildman–Crippen MR) is 58.3 cm³/mol. The summed E-state index contributed by atoms with van der Waals surface area (Å²) in [5.41, 5.74) is 0. The second kappa shape index (κ2) is 7.26. The first kappa shape index (κ1) is 13.9. The molecule has 0 saturated carbocycles. The molecule has 0 aromatic rings. The largest absolute Gasteiger partial charge is 0.469 e. The molecule has 0 heterocycles. The molecule has 0 bridgehead atoms. The van der Waals surface area contributed by atoms with E-state index >= 15 is 0 Å². The first-order valence-corrected chi connectivity index (χ1v) is 5.28. The second-order valence-corrected chi connectivity index (χ2v) is 4.07. The lowest BCUT2D eigenvalue weighted by molar-refractivity contribution is -0.143. The van der Waals surface area contributed by atoms with Crippen LogP contribution in [0.3, 0.4) is 0 Å². The summed E-state index contributed by atoms with van der Waals surface area (Å²) in [5, 5.41) is 0. The lowest BCUT2D eigenvalue weighted by Crippen LogP contribution is -2.28. The van der Waals surface area contributed by atoms with Gasteiger partial charge in [0.05, 0.1) is 13.5 Å². The zero-order valence-electron chi connectivity index (χ0n) is 10.1. The van der Waals surface area contributed by atoms with Crippen LogP contribution < -0.4 is 0 Å². The summed E-state index contributed by atoms with van der Waals surface area (Å²) in [6, 6.07) is 0. The number of methoxy groups -OCH3 is 1. The highest BCUT2D eigenvalue weighted by Crippen LogP contribution is 2.03. The van der Waals surface area contributed by atoms with Gasteiger partial charge >= 0.3 is 5.97 Å². The van der Waals surface area contributed by atoms with Crippen molar-refractivity contribution in [3.8, 4) is 0 Å². The van der Waals surface area contributed by atoms with Gasteiger partial charge in [-0.05, 0) is 12.3 Å². The fraction of sp³-hybridized carbons (Fsp3) is 0.818. The van der Waals surface area contributed by atoms with Crippen molar-refractivity contribution in [2.75, 3.05) is 20.7 Å². The molecule has 0 spiro atoms. The van der Waals surface area contributed by atoms with Gasteiger partial charge in [-0.1, -0.05) is 13.8 Å². The summed E-state index contributed by atoms with van der Waals surface area (Å²) < 4.78 is 4.47. The molecule has 0 aromatic carbocycles. The van der Waals surface area contributed by atoms with E-state index in [1.54, 1.807) is 11.9 Å². The molecular weight excluding hydrogens is 194 g/mol. The van der Waals surface area contributed by atoms with E-state index in [-0.39, 0.29) is 24.7 Å². The van der Waals surface area contributed by atoms with Gasteiger partial charge < -0.3 is 9.64 Å². The van der Waals surface area contributed by atoms with E-state index in [1.165, 1.54) is 7.11 Å². The normalized spacial score (nSPS) is 10.2. The molecular formula is C11H21NO3. The van der Waals surface area contributed by atoms with Gasteiger partial charge in [0, 0.05) is 20.0 Å². The number of esters is 1. The fourth-order valence-electron chi connectivity index (χ4n) is 1.08. The first-order chi connectivity index (χ1) is 6.97. The highest BCUT2D eigenvalue weighted by atomic mass is 16.5. The van der Waals surface area contributed by atoms with E-state index in [0.717, 1.165) is 13.0 Å². The molecule has 88 valence electrons. The molecule has 1 amide bonds. The zero-order chi connectivity index (χ0) is 11.8. The van der Waals surface area contributed by atoms with E-state index in [0.29, 0.717) is 5.92 Å². The van der Waals surface area contributed by atoms with Crippen molar-refractivity contribution in [1.29, 1.82) is 0 Å². The third kappa shape index (κ3) is 6.94. The molecule has 0 aliphatic rings. The molecule has 0 aromatic heterocycles. The molecule has 0 rings (SSSR count). The van der Waals surface area contributed by atoms with Crippen LogP contribution in [-0.2, 0) is 14.3 Å². The monoisotopic (exact) mass is 215 g/mol. The Labute approximate surface area is 91.6 Å². The lowest BCUT2D eigenvalue weighted by atomic mass is 10.1. The minimum absolute atomic E-state index is 0.000972. The number of amides is 1. The average Bonchev–Trinajstić information content (AvgIpc) is 2.21. The Morgan fingerprint density at radius 1 is 1.27 bits per heavy atom. The van der Waals surface area contributed by atoms with Crippen molar-refractivity contribution in [2.45, 2.75) is 33.1 Å². The molecule has 0 radical (unpaired) electrons. The average molecular weight is 215 g/mol. The van der Waals surface area contributed by atoms with Crippen LogP contribution in [0.15, 0.2) is 0 Å². The maximum atomic E-state index is 11.5. The van der Waals surface area contributed by atoms with Crippen molar-refractivity contribution in [3.05, 3.63) is 0 Å². The fourth-order valence-corrected chi connectivity index (χ4v) is 1.08. The summed E-state index contributed by atoms with van der Waals surface area (Å²) in [6.45, 7) is 4.98. The number of carbonyl (C=O) groups is 2. The Hall–Kier alpha value is -1.06. The molecule has 4 heteroatoms. The topological polar surface area (TPSA) is 46.6 Å². The first-order valence-electron chi connectivity index (χ1n) is 5.28. The molecule has 0 aliphatic heterocycles. The zero-order valence-corrected chi connectivity index (χ0v) is 10.1. The molecule has 0 aliphatic carbocycles. The summed E-state index contributed by atoms with van der Waals surface area (Å²) >= 11 is 0. The van der Waals surface area contributed by atoms with Crippen LogP contribution in [-0.4, -0.2) is 37.5 Å². The van der Waals surface area contributed by atoms with E-state index in [4.69, 9.17) is 0 Å². The molecule has 0 saturated heterocycles. The van der Waals surface area contributed by atoms with Gasteiger partial charge in [0.15, 0.2) is 0 Å². The Morgan fingerprint density at radius 3 is 2.33 bits per heavy atom. The van der Waals surface area contributed by atoms with Crippen molar-refractivity contribution < 1.29 is 14.3 Å². The van der Waals surface area contributed by atoms with Crippen molar-refractivity contribution in [3.63, 3.8) is 0 Å². The van der Waals surface area contributed by atoms with E-state index < -0.39 is 0 Å². The predicted octanol–water partition coefficient (Wildman–Crippen LogP) is 1.44. The maximum Gasteiger partial charge on any atom is 0.306 e.